The fourth-order valence-corrected chi connectivity index (χ4v) is 2.29. The molecule has 18 heavy (non-hydrogen) atoms. The summed E-state index contributed by atoms with van der Waals surface area (Å²) in [6.07, 6.45) is 3.11. The predicted molar refractivity (Wildman–Crippen MR) is 65.0 cm³/mol. The molecule has 98 valence electrons. The molecule has 1 aromatic carbocycles. The Balaban J connectivity index is 1.78. The van der Waals surface area contributed by atoms with Gasteiger partial charge in [0.1, 0.15) is 17.4 Å². The number of benzene rings is 1. The van der Waals surface area contributed by atoms with Gasteiger partial charge in [0, 0.05) is 24.9 Å². The lowest BCUT2D eigenvalue weighted by atomic mass is 9.88. The molecule has 0 saturated heterocycles. The van der Waals surface area contributed by atoms with Crippen LogP contribution in [-0.2, 0) is 11.3 Å². The smallest absolute Gasteiger partial charge is 0.132 e. The molecule has 1 saturated carbocycles. The molecule has 4 heteroatoms. The minimum absolute atomic E-state index is 0.327. The van der Waals surface area contributed by atoms with Crippen LogP contribution in [0, 0.1) is 17.6 Å². The van der Waals surface area contributed by atoms with E-state index in [1.165, 1.54) is 6.07 Å². The normalized spacial score (nSPS) is 17.1. The van der Waals surface area contributed by atoms with Crippen molar-refractivity contribution in [3.8, 4) is 0 Å². The maximum Gasteiger partial charge on any atom is 0.132 e. The topological polar surface area (TPSA) is 29.1 Å². The lowest BCUT2D eigenvalue weighted by Crippen LogP contribution is -2.26. The Kier molecular flexibility index (Phi) is 4.42. The van der Waals surface area contributed by atoms with E-state index in [1.807, 2.05) is 0 Å². The van der Waals surface area contributed by atoms with E-state index in [4.69, 9.17) is 0 Å². The van der Waals surface area contributed by atoms with Crippen LogP contribution in [-0.4, -0.2) is 12.3 Å². The van der Waals surface area contributed by atoms with E-state index in [2.05, 4.69) is 5.32 Å². The van der Waals surface area contributed by atoms with Gasteiger partial charge in [-0.05, 0) is 43.5 Å². The highest BCUT2D eigenvalue weighted by molar-refractivity contribution is 5.79. The summed E-state index contributed by atoms with van der Waals surface area (Å²) in [5.41, 5.74) is 0.349. The van der Waals surface area contributed by atoms with Crippen molar-refractivity contribution in [1.29, 1.82) is 0 Å². The number of Topliss-reactive ketones (excluding diaryl/α,β-unsaturated/α-hetero) is 1. The molecule has 0 radical (unpaired) electrons. The molecule has 1 aliphatic carbocycles. The standard InChI is InChI=1S/C14H17F2NO/c15-12-3-6-14(16)11(7-12)9-17-8-10-1-4-13(18)5-2-10/h3,6-7,10,17H,1-2,4-5,8-9H2. The molecule has 2 nitrogen and oxygen atoms in total. The second-order valence-corrected chi connectivity index (χ2v) is 4.85. The average molecular weight is 253 g/mol. The molecule has 0 atom stereocenters. The van der Waals surface area contributed by atoms with E-state index >= 15 is 0 Å². The van der Waals surface area contributed by atoms with Crippen LogP contribution in [0.25, 0.3) is 0 Å². The van der Waals surface area contributed by atoms with Crippen molar-refractivity contribution in [2.45, 2.75) is 32.2 Å². The van der Waals surface area contributed by atoms with Gasteiger partial charge in [0.25, 0.3) is 0 Å². The van der Waals surface area contributed by atoms with Crippen LogP contribution >= 0.6 is 0 Å². The molecule has 0 aromatic heterocycles. The number of ketones is 1. The minimum atomic E-state index is -0.420. The molecule has 1 N–H and O–H groups in total. The van der Waals surface area contributed by atoms with Crippen LogP contribution in [0.3, 0.4) is 0 Å². The highest BCUT2D eigenvalue weighted by Crippen LogP contribution is 2.20. The Labute approximate surface area is 105 Å². The third kappa shape index (κ3) is 3.60. The molecule has 0 unspecified atom stereocenters. The van der Waals surface area contributed by atoms with E-state index in [0.717, 1.165) is 31.5 Å². The van der Waals surface area contributed by atoms with Crippen LogP contribution in [0.5, 0.6) is 0 Å². The van der Waals surface area contributed by atoms with Crippen molar-refractivity contribution in [3.05, 3.63) is 35.4 Å². The second-order valence-electron chi connectivity index (χ2n) is 4.85. The first kappa shape index (κ1) is 13.1. The van der Waals surface area contributed by atoms with Crippen LogP contribution in [0.15, 0.2) is 18.2 Å². The SMILES string of the molecule is O=C1CCC(CNCc2cc(F)ccc2F)CC1. The Bertz CT molecular complexity index is 424. The summed E-state index contributed by atoms with van der Waals surface area (Å²) >= 11 is 0. The Morgan fingerprint density at radius 2 is 1.94 bits per heavy atom. The molecule has 0 spiro atoms. The number of hydrogen-bond donors (Lipinski definition) is 1. The highest BCUT2D eigenvalue weighted by atomic mass is 19.1. The summed E-state index contributed by atoms with van der Waals surface area (Å²) < 4.78 is 26.3. The summed E-state index contributed by atoms with van der Waals surface area (Å²) in [5.74, 6) is 0.000861. The van der Waals surface area contributed by atoms with Crippen LogP contribution in [0.2, 0.25) is 0 Å². The molecule has 0 aliphatic heterocycles. The third-order valence-electron chi connectivity index (χ3n) is 3.42. The van der Waals surface area contributed by atoms with Crippen molar-refractivity contribution >= 4 is 5.78 Å². The minimum Gasteiger partial charge on any atom is -0.312 e. The predicted octanol–water partition coefficient (Wildman–Crippen LogP) is 2.81. The van der Waals surface area contributed by atoms with Gasteiger partial charge in [0.05, 0.1) is 0 Å². The summed E-state index contributed by atoms with van der Waals surface area (Å²) in [6.45, 7) is 1.08. The van der Waals surface area contributed by atoms with Crippen molar-refractivity contribution in [3.63, 3.8) is 0 Å². The number of rotatable bonds is 4. The van der Waals surface area contributed by atoms with Gasteiger partial charge >= 0.3 is 0 Å². The number of halogens is 2. The molecular formula is C14H17F2NO. The number of carbonyl (C=O) groups excluding carboxylic acids is 1. The van der Waals surface area contributed by atoms with E-state index in [0.29, 0.717) is 36.7 Å². The molecule has 0 heterocycles. The van der Waals surface area contributed by atoms with Crippen molar-refractivity contribution in [2.24, 2.45) is 5.92 Å². The Hall–Kier alpha value is -1.29. The maximum atomic E-state index is 13.3. The zero-order valence-corrected chi connectivity index (χ0v) is 10.2. The van der Waals surface area contributed by atoms with Gasteiger partial charge in [-0.15, -0.1) is 0 Å². The van der Waals surface area contributed by atoms with Gasteiger partial charge in [-0.25, -0.2) is 8.78 Å². The summed E-state index contributed by atoms with van der Waals surface area (Å²) in [5, 5.41) is 3.14. The van der Waals surface area contributed by atoms with Crippen molar-refractivity contribution in [1.82, 2.24) is 5.32 Å². The zero-order chi connectivity index (χ0) is 13.0. The highest BCUT2D eigenvalue weighted by Gasteiger charge is 2.18. The zero-order valence-electron chi connectivity index (χ0n) is 10.2. The molecule has 0 amide bonds. The number of hydrogen-bond acceptors (Lipinski definition) is 2. The first-order chi connectivity index (χ1) is 8.65. The van der Waals surface area contributed by atoms with Gasteiger partial charge < -0.3 is 5.32 Å². The van der Waals surface area contributed by atoms with Crippen LogP contribution in [0.1, 0.15) is 31.2 Å². The van der Waals surface area contributed by atoms with Gasteiger partial charge in [0.2, 0.25) is 0 Å². The van der Waals surface area contributed by atoms with Gasteiger partial charge in [0.15, 0.2) is 0 Å². The van der Waals surface area contributed by atoms with E-state index < -0.39 is 5.82 Å². The van der Waals surface area contributed by atoms with Crippen LogP contribution < -0.4 is 5.32 Å². The Morgan fingerprint density at radius 1 is 1.22 bits per heavy atom. The fraction of sp³-hybridized carbons (Fsp3) is 0.500. The first-order valence-corrected chi connectivity index (χ1v) is 6.31. The molecule has 1 fully saturated rings. The lowest BCUT2D eigenvalue weighted by Gasteiger charge is -2.21. The number of carbonyl (C=O) groups is 1. The molecule has 1 aliphatic rings. The monoisotopic (exact) mass is 253 g/mol. The van der Waals surface area contributed by atoms with E-state index in [9.17, 15) is 13.6 Å². The molecule has 0 bridgehead atoms. The fourth-order valence-electron chi connectivity index (χ4n) is 2.29. The number of nitrogens with one attached hydrogen (secondary N) is 1. The summed E-state index contributed by atoms with van der Waals surface area (Å²) in [4.78, 5) is 11.1. The first-order valence-electron chi connectivity index (χ1n) is 6.31. The largest absolute Gasteiger partial charge is 0.312 e. The molecule has 2 rings (SSSR count). The summed E-state index contributed by atoms with van der Waals surface area (Å²) in [6, 6.07) is 3.48. The molecule has 1 aromatic rings. The van der Waals surface area contributed by atoms with Gasteiger partial charge in [-0.3, -0.25) is 4.79 Å². The van der Waals surface area contributed by atoms with Crippen LogP contribution in [0.4, 0.5) is 8.78 Å². The third-order valence-corrected chi connectivity index (χ3v) is 3.42. The van der Waals surface area contributed by atoms with Crippen molar-refractivity contribution < 1.29 is 13.6 Å². The molecular weight excluding hydrogens is 236 g/mol. The van der Waals surface area contributed by atoms with Crippen molar-refractivity contribution in [2.75, 3.05) is 6.54 Å². The van der Waals surface area contributed by atoms with Gasteiger partial charge in [-0.1, -0.05) is 0 Å². The maximum absolute atomic E-state index is 13.3. The second kappa shape index (κ2) is 6.05. The Morgan fingerprint density at radius 3 is 2.67 bits per heavy atom. The quantitative estimate of drug-likeness (QED) is 0.894. The average Bonchev–Trinajstić information content (AvgIpc) is 2.36. The van der Waals surface area contributed by atoms with E-state index in [1.54, 1.807) is 0 Å². The lowest BCUT2D eigenvalue weighted by molar-refractivity contribution is -0.120. The van der Waals surface area contributed by atoms with Gasteiger partial charge in [-0.2, -0.15) is 0 Å². The van der Waals surface area contributed by atoms with E-state index in [-0.39, 0.29) is 5.82 Å². The summed E-state index contributed by atoms with van der Waals surface area (Å²) in [7, 11) is 0.